The first-order chi connectivity index (χ1) is 10.4. The smallest absolute Gasteiger partial charge is 0.127 e. The summed E-state index contributed by atoms with van der Waals surface area (Å²) in [6, 6.07) is 18.2. The van der Waals surface area contributed by atoms with Crippen molar-refractivity contribution in [2.45, 2.75) is 13.0 Å². The van der Waals surface area contributed by atoms with Gasteiger partial charge in [0.2, 0.25) is 0 Å². The van der Waals surface area contributed by atoms with E-state index in [9.17, 15) is 0 Å². The third-order valence-electron chi connectivity index (χ3n) is 3.66. The number of hydrogen-bond donors (Lipinski definition) is 1. The van der Waals surface area contributed by atoms with E-state index in [1.807, 2.05) is 36.4 Å². The van der Waals surface area contributed by atoms with Gasteiger partial charge < -0.3 is 10.1 Å². The number of benzene rings is 2. The third-order valence-corrected chi connectivity index (χ3v) is 4.89. The van der Waals surface area contributed by atoms with E-state index in [0.29, 0.717) is 0 Å². The minimum Gasteiger partial charge on any atom is -0.457 e. The summed E-state index contributed by atoms with van der Waals surface area (Å²) in [6.07, 6.45) is 1.36. The Bertz CT molecular complexity index is 552. The highest BCUT2D eigenvalue weighted by Gasteiger charge is 2.14. The van der Waals surface area contributed by atoms with Gasteiger partial charge in [0.15, 0.2) is 0 Å². The molecule has 0 spiro atoms. The number of rotatable bonds is 6. The van der Waals surface area contributed by atoms with Gasteiger partial charge in [0.25, 0.3) is 0 Å². The molecule has 1 saturated heterocycles. The molecule has 1 aliphatic heterocycles. The topological polar surface area (TPSA) is 21.3 Å². The van der Waals surface area contributed by atoms with Gasteiger partial charge in [-0.1, -0.05) is 30.3 Å². The first kappa shape index (κ1) is 14.5. The van der Waals surface area contributed by atoms with E-state index in [-0.39, 0.29) is 0 Å². The zero-order valence-corrected chi connectivity index (χ0v) is 12.9. The van der Waals surface area contributed by atoms with Crippen LogP contribution in [0.15, 0.2) is 54.6 Å². The van der Waals surface area contributed by atoms with Crippen LogP contribution in [-0.4, -0.2) is 18.1 Å². The molecule has 0 radical (unpaired) electrons. The highest BCUT2D eigenvalue weighted by atomic mass is 32.2. The van der Waals surface area contributed by atoms with Crippen molar-refractivity contribution >= 4 is 11.8 Å². The van der Waals surface area contributed by atoms with Crippen molar-refractivity contribution < 1.29 is 4.74 Å². The summed E-state index contributed by atoms with van der Waals surface area (Å²) in [5.74, 6) is 5.26. The lowest BCUT2D eigenvalue weighted by molar-refractivity contribution is 0.480. The molecule has 1 atom stereocenters. The Morgan fingerprint density at radius 2 is 1.90 bits per heavy atom. The van der Waals surface area contributed by atoms with Crippen LogP contribution in [0.4, 0.5) is 0 Å². The summed E-state index contributed by atoms with van der Waals surface area (Å²) in [4.78, 5) is 0. The van der Waals surface area contributed by atoms with Gasteiger partial charge in [0.1, 0.15) is 11.5 Å². The first-order valence-corrected chi connectivity index (χ1v) is 8.66. The number of para-hydroxylation sites is 1. The van der Waals surface area contributed by atoms with E-state index in [1.165, 1.54) is 23.5 Å². The molecule has 0 aromatic heterocycles. The van der Waals surface area contributed by atoms with E-state index >= 15 is 0 Å². The van der Waals surface area contributed by atoms with E-state index in [2.05, 4.69) is 35.3 Å². The number of ether oxygens (including phenoxy) is 1. The molecule has 21 heavy (non-hydrogen) atoms. The fraction of sp³-hybridized carbons (Fsp3) is 0.333. The largest absolute Gasteiger partial charge is 0.457 e. The minimum absolute atomic E-state index is 0.846. The Labute approximate surface area is 130 Å². The van der Waals surface area contributed by atoms with Crippen LogP contribution in [0.5, 0.6) is 11.5 Å². The molecule has 1 unspecified atom stereocenters. The Morgan fingerprint density at radius 3 is 2.71 bits per heavy atom. The summed E-state index contributed by atoms with van der Waals surface area (Å²) in [5, 5.41) is 3.57. The monoisotopic (exact) mass is 299 g/mol. The molecule has 2 nitrogen and oxygen atoms in total. The third kappa shape index (κ3) is 4.51. The summed E-state index contributed by atoms with van der Waals surface area (Å²) >= 11 is 2.07. The second-order valence-corrected chi connectivity index (χ2v) is 6.57. The summed E-state index contributed by atoms with van der Waals surface area (Å²) in [7, 11) is 0. The zero-order chi connectivity index (χ0) is 14.3. The van der Waals surface area contributed by atoms with E-state index in [4.69, 9.17) is 4.74 Å². The lowest BCUT2D eigenvalue weighted by atomic mass is 10.1. The van der Waals surface area contributed by atoms with Gasteiger partial charge in [0, 0.05) is 6.54 Å². The van der Waals surface area contributed by atoms with Crippen LogP contribution in [0.2, 0.25) is 0 Å². The van der Waals surface area contributed by atoms with Crippen LogP contribution in [0.3, 0.4) is 0 Å². The van der Waals surface area contributed by atoms with Crippen LogP contribution in [0.25, 0.3) is 0 Å². The molecule has 0 aliphatic carbocycles. The number of hydrogen-bond acceptors (Lipinski definition) is 3. The van der Waals surface area contributed by atoms with Crippen molar-refractivity contribution in [3.8, 4) is 11.5 Å². The molecule has 3 rings (SSSR count). The second kappa shape index (κ2) is 7.53. The van der Waals surface area contributed by atoms with E-state index in [1.54, 1.807) is 0 Å². The van der Waals surface area contributed by atoms with Gasteiger partial charge in [-0.2, -0.15) is 11.8 Å². The Hall–Kier alpha value is -1.45. The Morgan fingerprint density at radius 1 is 1.05 bits per heavy atom. The maximum atomic E-state index is 5.87. The molecule has 2 aromatic carbocycles. The summed E-state index contributed by atoms with van der Waals surface area (Å²) < 4.78 is 5.87. The fourth-order valence-corrected chi connectivity index (χ4v) is 3.79. The fourth-order valence-electron chi connectivity index (χ4n) is 2.51. The molecule has 0 saturated carbocycles. The van der Waals surface area contributed by atoms with Crippen molar-refractivity contribution in [2.75, 3.05) is 18.1 Å². The first-order valence-electron chi connectivity index (χ1n) is 7.50. The van der Waals surface area contributed by atoms with Gasteiger partial charge >= 0.3 is 0 Å². The standard InChI is InChI=1S/C18H21NOS/c1-2-6-17(7-3-1)20-18-8-4-5-15(11-18)12-19-13-16-9-10-21-14-16/h1-8,11,16,19H,9-10,12-14H2. The van der Waals surface area contributed by atoms with Crippen LogP contribution in [0, 0.1) is 5.92 Å². The van der Waals surface area contributed by atoms with E-state index < -0.39 is 0 Å². The summed E-state index contributed by atoms with van der Waals surface area (Å²) in [6.45, 7) is 2.03. The molecule has 1 heterocycles. The number of nitrogens with one attached hydrogen (secondary N) is 1. The summed E-state index contributed by atoms with van der Waals surface area (Å²) in [5.41, 5.74) is 1.27. The molecular weight excluding hydrogens is 278 g/mol. The van der Waals surface area contributed by atoms with Crippen molar-refractivity contribution in [1.82, 2.24) is 5.32 Å². The molecule has 1 N–H and O–H groups in total. The Balaban J connectivity index is 1.53. The SMILES string of the molecule is c1ccc(Oc2cccc(CNCC3CCSC3)c2)cc1. The molecular formula is C18H21NOS. The second-order valence-electron chi connectivity index (χ2n) is 5.42. The minimum atomic E-state index is 0.846. The van der Waals surface area contributed by atoms with Crippen molar-refractivity contribution in [3.05, 3.63) is 60.2 Å². The van der Waals surface area contributed by atoms with Gasteiger partial charge in [-0.15, -0.1) is 0 Å². The lowest BCUT2D eigenvalue weighted by Gasteiger charge is -2.11. The highest BCUT2D eigenvalue weighted by Crippen LogP contribution is 2.23. The highest BCUT2D eigenvalue weighted by molar-refractivity contribution is 7.99. The normalized spacial score (nSPS) is 17.8. The quantitative estimate of drug-likeness (QED) is 0.858. The molecule has 0 amide bonds. The van der Waals surface area contributed by atoms with Crippen molar-refractivity contribution in [2.24, 2.45) is 5.92 Å². The molecule has 110 valence electrons. The molecule has 1 aliphatic rings. The van der Waals surface area contributed by atoms with Crippen molar-refractivity contribution in [3.63, 3.8) is 0 Å². The lowest BCUT2D eigenvalue weighted by Crippen LogP contribution is -2.22. The Kier molecular flexibility index (Phi) is 5.19. The average Bonchev–Trinajstić information content (AvgIpc) is 3.02. The molecule has 1 fully saturated rings. The van der Waals surface area contributed by atoms with Crippen LogP contribution in [-0.2, 0) is 6.54 Å². The van der Waals surface area contributed by atoms with E-state index in [0.717, 1.165) is 30.5 Å². The van der Waals surface area contributed by atoms with Gasteiger partial charge in [0.05, 0.1) is 0 Å². The van der Waals surface area contributed by atoms with Crippen molar-refractivity contribution in [1.29, 1.82) is 0 Å². The van der Waals surface area contributed by atoms with Crippen LogP contribution < -0.4 is 10.1 Å². The van der Waals surface area contributed by atoms with Crippen LogP contribution >= 0.6 is 11.8 Å². The predicted molar refractivity (Wildman–Crippen MR) is 90.1 cm³/mol. The molecule has 3 heteroatoms. The molecule has 0 bridgehead atoms. The van der Waals surface area contributed by atoms with Gasteiger partial charge in [-0.25, -0.2) is 0 Å². The maximum Gasteiger partial charge on any atom is 0.127 e. The predicted octanol–water partition coefficient (Wildman–Crippen LogP) is 4.32. The maximum absolute atomic E-state index is 5.87. The zero-order valence-electron chi connectivity index (χ0n) is 12.1. The number of thioether (sulfide) groups is 1. The molecule has 2 aromatic rings. The van der Waals surface area contributed by atoms with Gasteiger partial charge in [-0.3, -0.25) is 0 Å². The van der Waals surface area contributed by atoms with Crippen LogP contribution in [0.1, 0.15) is 12.0 Å². The average molecular weight is 299 g/mol. The van der Waals surface area contributed by atoms with Gasteiger partial charge in [-0.05, 0) is 60.2 Å².